The number of carbonyl (C=O) groups excluding carboxylic acids is 1. The number of nitrogens with zero attached hydrogens (tertiary/aromatic N) is 4. The summed E-state index contributed by atoms with van der Waals surface area (Å²) in [5.74, 6) is 2.09. The van der Waals surface area contributed by atoms with Crippen molar-refractivity contribution in [3.05, 3.63) is 70.6 Å². The van der Waals surface area contributed by atoms with Gasteiger partial charge in [0.05, 0.1) is 56.4 Å². The third-order valence-electron chi connectivity index (χ3n) is 5.52. The van der Waals surface area contributed by atoms with Gasteiger partial charge >= 0.3 is 0 Å². The SMILES string of the molecule is COc1cc(OC)c(C=Nn2c(-c3ccc4c(c3)NC(=O)CO4)csc2=Nc2cccnc2)c(OC)c1. The number of benzene rings is 2. The number of hydrogen-bond acceptors (Lipinski definition) is 9. The number of methoxy groups -OCH3 is 3. The van der Waals surface area contributed by atoms with Crippen molar-refractivity contribution < 1.29 is 23.7 Å². The number of nitrogens with one attached hydrogen (secondary N) is 1. The molecule has 37 heavy (non-hydrogen) atoms. The van der Waals surface area contributed by atoms with E-state index < -0.39 is 0 Å². The fourth-order valence-corrected chi connectivity index (χ4v) is 4.59. The Balaban J connectivity index is 1.65. The first-order valence-corrected chi connectivity index (χ1v) is 12.0. The van der Waals surface area contributed by atoms with Crippen molar-refractivity contribution in [3.8, 4) is 34.3 Å². The van der Waals surface area contributed by atoms with E-state index in [1.807, 2.05) is 35.7 Å². The highest BCUT2D eigenvalue weighted by Gasteiger charge is 2.18. The molecule has 0 saturated heterocycles. The van der Waals surface area contributed by atoms with Crippen LogP contribution in [0.4, 0.5) is 11.4 Å². The summed E-state index contributed by atoms with van der Waals surface area (Å²) in [5.41, 5.74) is 3.50. The van der Waals surface area contributed by atoms with E-state index in [0.29, 0.717) is 44.7 Å². The van der Waals surface area contributed by atoms with Crippen LogP contribution in [-0.4, -0.2) is 49.7 Å². The Kier molecular flexibility index (Phi) is 6.86. The summed E-state index contributed by atoms with van der Waals surface area (Å²) >= 11 is 1.42. The molecule has 0 aliphatic carbocycles. The zero-order valence-corrected chi connectivity index (χ0v) is 21.1. The Hall–Kier alpha value is -4.64. The summed E-state index contributed by atoms with van der Waals surface area (Å²) in [6, 6.07) is 12.8. The average Bonchev–Trinajstić information content (AvgIpc) is 3.33. The van der Waals surface area contributed by atoms with E-state index in [-0.39, 0.29) is 12.5 Å². The lowest BCUT2D eigenvalue weighted by Gasteiger charge is -2.18. The molecule has 1 N–H and O–H groups in total. The van der Waals surface area contributed by atoms with Gasteiger partial charge in [0, 0.05) is 29.3 Å². The van der Waals surface area contributed by atoms with Crippen molar-refractivity contribution in [1.29, 1.82) is 0 Å². The number of aromatic nitrogens is 2. The third-order valence-corrected chi connectivity index (χ3v) is 6.34. The minimum atomic E-state index is -0.202. The average molecular weight is 518 g/mol. The molecule has 0 radical (unpaired) electrons. The van der Waals surface area contributed by atoms with Crippen LogP contribution in [-0.2, 0) is 4.79 Å². The lowest BCUT2D eigenvalue weighted by molar-refractivity contribution is -0.118. The van der Waals surface area contributed by atoms with Gasteiger partial charge in [0.1, 0.15) is 23.0 Å². The van der Waals surface area contributed by atoms with Crippen molar-refractivity contribution in [2.75, 3.05) is 33.3 Å². The number of hydrogen-bond donors (Lipinski definition) is 1. The number of fused-ring (bicyclic) bond motifs is 1. The highest BCUT2D eigenvalue weighted by atomic mass is 32.1. The summed E-state index contributed by atoms with van der Waals surface area (Å²) in [7, 11) is 4.72. The van der Waals surface area contributed by atoms with Crippen molar-refractivity contribution in [2.24, 2.45) is 10.1 Å². The molecule has 4 aromatic rings. The van der Waals surface area contributed by atoms with E-state index in [4.69, 9.17) is 29.0 Å². The van der Waals surface area contributed by atoms with Gasteiger partial charge in [0.15, 0.2) is 6.61 Å². The van der Waals surface area contributed by atoms with Crippen LogP contribution in [0.2, 0.25) is 0 Å². The molecule has 188 valence electrons. The van der Waals surface area contributed by atoms with Crippen LogP contribution in [0.5, 0.6) is 23.0 Å². The monoisotopic (exact) mass is 517 g/mol. The van der Waals surface area contributed by atoms with Gasteiger partial charge in [-0.05, 0) is 30.3 Å². The summed E-state index contributed by atoms with van der Waals surface area (Å²) in [6.07, 6.45) is 5.02. The third kappa shape index (κ3) is 5.02. The van der Waals surface area contributed by atoms with Gasteiger partial charge < -0.3 is 24.3 Å². The maximum Gasteiger partial charge on any atom is 0.262 e. The molecule has 0 spiro atoms. The highest BCUT2D eigenvalue weighted by Crippen LogP contribution is 2.34. The number of amides is 1. The molecule has 2 aromatic heterocycles. The Morgan fingerprint density at radius 2 is 1.92 bits per heavy atom. The number of rotatable bonds is 7. The van der Waals surface area contributed by atoms with Gasteiger partial charge in [-0.15, -0.1) is 11.3 Å². The van der Waals surface area contributed by atoms with Gasteiger partial charge in [-0.3, -0.25) is 9.78 Å². The zero-order valence-electron chi connectivity index (χ0n) is 20.3. The van der Waals surface area contributed by atoms with Crippen LogP contribution in [0.3, 0.4) is 0 Å². The minimum absolute atomic E-state index is 0.00520. The minimum Gasteiger partial charge on any atom is -0.496 e. The Labute approximate surface area is 216 Å². The summed E-state index contributed by atoms with van der Waals surface area (Å²) in [4.78, 5) is 21.4. The smallest absolute Gasteiger partial charge is 0.262 e. The van der Waals surface area contributed by atoms with Crippen LogP contribution in [0.25, 0.3) is 11.3 Å². The first kappa shape index (κ1) is 24.1. The quantitative estimate of drug-likeness (QED) is 0.370. The Morgan fingerprint density at radius 3 is 2.62 bits per heavy atom. The Morgan fingerprint density at radius 1 is 1.11 bits per heavy atom. The maximum absolute atomic E-state index is 11.9. The molecule has 1 amide bonds. The van der Waals surface area contributed by atoms with Crippen LogP contribution < -0.4 is 29.1 Å². The summed E-state index contributed by atoms with van der Waals surface area (Å²) in [5, 5.41) is 9.57. The zero-order chi connectivity index (χ0) is 25.8. The fraction of sp³-hybridized carbons (Fsp3) is 0.154. The first-order chi connectivity index (χ1) is 18.1. The molecule has 5 rings (SSSR count). The Bertz CT molecular complexity index is 1520. The largest absolute Gasteiger partial charge is 0.496 e. The fourth-order valence-electron chi connectivity index (χ4n) is 3.74. The second kappa shape index (κ2) is 10.5. The molecule has 0 bridgehead atoms. The van der Waals surface area contributed by atoms with E-state index >= 15 is 0 Å². The predicted molar refractivity (Wildman–Crippen MR) is 140 cm³/mol. The second-order valence-electron chi connectivity index (χ2n) is 7.78. The topological polar surface area (TPSA) is 109 Å². The molecule has 0 saturated carbocycles. The summed E-state index contributed by atoms with van der Waals surface area (Å²) < 4.78 is 23.7. The molecule has 3 heterocycles. The van der Waals surface area contributed by atoms with Crippen molar-refractivity contribution in [2.45, 2.75) is 0 Å². The highest BCUT2D eigenvalue weighted by molar-refractivity contribution is 7.07. The van der Waals surface area contributed by atoms with Gasteiger partial charge in [-0.1, -0.05) is 0 Å². The molecular weight excluding hydrogens is 494 g/mol. The molecule has 0 unspecified atom stereocenters. The number of anilines is 1. The first-order valence-electron chi connectivity index (χ1n) is 11.2. The van der Waals surface area contributed by atoms with E-state index in [0.717, 1.165) is 11.3 Å². The van der Waals surface area contributed by atoms with Gasteiger partial charge in [0.25, 0.3) is 5.91 Å². The normalized spacial score (nSPS) is 13.2. The lowest BCUT2D eigenvalue weighted by Crippen LogP contribution is -2.25. The molecule has 10 nitrogen and oxygen atoms in total. The second-order valence-corrected chi connectivity index (χ2v) is 8.61. The number of pyridine rings is 1. The summed E-state index contributed by atoms with van der Waals surface area (Å²) in [6.45, 7) is -0.00520. The molecule has 1 aliphatic heterocycles. The van der Waals surface area contributed by atoms with Crippen LogP contribution in [0.15, 0.2) is 70.3 Å². The molecule has 11 heteroatoms. The van der Waals surface area contributed by atoms with Gasteiger partial charge in [0.2, 0.25) is 4.80 Å². The molecule has 1 aliphatic rings. The maximum atomic E-state index is 11.9. The standard InChI is InChI=1S/C26H23N5O5S/c1-33-18-10-23(34-2)19(24(11-18)35-3)13-28-31-21(15-37-26(31)29-17-5-4-8-27-12-17)16-6-7-22-20(9-16)30-25(32)14-36-22/h4-13,15H,14H2,1-3H3,(H,30,32). The van der Waals surface area contributed by atoms with Crippen molar-refractivity contribution in [1.82, 2.24) is 9.66 Å². The molecular formula is C26H23N5O5S. The van der Waals surface area contributed by atoms with E-state index in [1.165, 1.54) is 11.3 Å². The van der Waals surface area contributed by atoms with Gasteiger partial charge in [-0.2, -0.15) is 5.10 Å². The van der Waals surface area contributed by atoms with Crippen molar-refractivity contribution in [3.63, 3.8) is 0 Å². The van der Waals surface area contributed by atoms with Crippen LogP contribution in [0, 0.1) is 0 Å². The molecule has 0 fully saturated rings. The van der Waals surface area contributed by atoms with E-state index in [2.05, 4.69) is 10.3 Å². The number of ether oxygens (including phenoxy) is 4. The number of carbonyl (C=O) groups is 1. The molecule has 2 aromatic carbocycles. The van der Waals surface area contributed by atoms with E-state index in [9.17, 15) is 4.79 Å². The van der Waals surface area contributed by atoms with Gasteiger partial charge in [-0.25, -0.2) is 9.67 Å². The molecule has 0 atom stereocenters. The van der Waals surface area contributed by atoms with Crippen LogP contribution in [0.1, 0.15) is 5.56 Å². The number of thiazole rings is 1. The predicted octanol–water partition coefficient (Wildman–Crippen LogP) is 4.08. The van der Waals surface area contributed by atoms with Crippen molar-refractivity contribution >= 4 is 34.8 Å². The van der Waals surface area contributed by atoms with E-state index in [1.54, 1.807) is 56.7 Å². The lowest BCUT2D eigenvalue weighted by atomic mass is 10.1. The van der Waals surface area contributed by atoms with Crippen LogP contribution >= 0.6 is 11.3 Å².